The fourth-order valence-electron chi connectivity index (χ4n) is 0.669. The highest BCUT2D eigenvalue weighted by molar-refractivity contribution is 5.75. The molecule has 0 bridgehead atoms. The van der Waals surface area contributed by atoms with Crippen molar-refractivity contribution in [2.45, 2.75) is 60.7 Å². The van der Waals surface area contributed by atoms with Crippen molar-refractivity contribution in [2.75, 3.05) is 0 Å². The van der Waals surface area contributed by atoms with Gasteiger partial charge >= 0.3 is 5.97 Å². The van der Waals surface area contributed by atoms with Gasteiger partial charge in [-0.05, 0) is 20.8 Å². The lowest BCUT2D eigenvalue weighted by Gasteiger charge is -1.95. The van der Waals surface area contributed by atoms with Crippen LogP contribution in [0.25, 0.3) is 0 Å². The van der Waals surface area contributed by atoms with Gasteiger partial charge in [-0.3, -0.25) is 9.59 Å². The lowest BCUT2D eigenvalue weighted by Crippen LogP contribution is -2.07. The first-order valence-electron chi connectivity index (χ1n) is 4.33. The summed E-state index contributed by atoms with van der Waals surface area (Å²) in [5, 5.41) is 24.8. The second-order valence-corrected chi connectivity index (χ2v) is 3.20. The Labute approximate surface area is 98.1 Å². The Morgan fingerprint density at radius 3 is 1.31 bits per heavy atom. The largest absolute Gasteiger partial charge is 0.481 e. The van der Waals surface area contributed by atoms with Crippen LogP contribution in [0.5, 0.6) is 0 Å². The number of Topliss-reactive ketones (excluding diaryl/α,β-unsaturated/α-hetero) is 1. The number of rotatable bonds is 4. The van der Waals surface area contributed by atoms with Crippen molar-refractivity contribution in [3.05, 3.63) is 0 Å². The molecule has 0 saturated carbocycles. The number of aliphatic hydroxyl groups is 2. The summed E-state index contributed by atoms with van der Waals surface area (Å²) in [5.74, 6) is -0.926. The number of carboxylic acid groups (broad SMARTS) is 1. The Morgan fingerprint density at radius 1 is 1.00 bits per heavy atom. The molecule has 3 N–H and O–H groups in total. The molecule has 0 aliphatic rings. The maximum atomic E-state index is 10.1. The van der Waals surface area contributed by atoms with E-state index in [0.29, 0.717) is 0 Å². The van der Waals surface area contributed by atoms with E-state index in [1.165, 1.54) is 13.8 Å². The molecule has 0 saturated heterocycles. The lowest BCUT2D eigenvalue weighted by molar-refractivity contribution is -0.138. The normalized spacial score (nSPS) is 11.8. The van der Waals surface area contributed by atoms with Crippen molar-refractivity contribution in [1.82, 2.24) is 0 Å². The monoisotopic (exact) mass is 238 g/mol. The van der Waals surface area contributed by atoms with Gasteiger partial charge in [-0.25, -0.2) is 0 Å². The quantitative estimate of drug-likeness (QED) is 0.689. The van der Waals surface area contributed by atoms with Gasteiger partial charge in [0, 0.05) is 6.42 Å². The zero-order valence-electron chi connectivity index (χ0n) is 8.73. The summed E-state index contributed by atoms with van der Waals surface area (Å²) in [7, 11) is 0. The Hall–Kier alpha value is -0.940. The average molecular weight is 238 g/mol. The van der Waals surface area contributed by atoms with E-state index in [0.717, 1.165) is 0 Å². The Balaban J connectivity index is -0.0000000800. The number of ketones is 1. The minimum atomic E-state index is -0.963. The van der Waals surface area contributed by atoms with Crippen molar-refractivity contribution >= 4 is 11.8 Å². The van der Waals surface area contributed by atoms with E-state index in [1.807, 2.05) is 0 Å². The molecule has 0 aromatic rings. The predicted molar refractivity (Wildman–Crippen MR) is 64.4 cm³/mol. The van der Waals surface area contributed by atoms with Gasteiger partial charge in [0.1, 0.15) is 5.78 Å². The van der Waals surface area contributed by atoms with E-state index in [2.05, 4.69) is 0 Å². The molecule has 0 fully saturated rings. The van der Waals surface area contributed by atoms with Crippen LogP contribution in [-0.4, -0.2) is 39.3 Å². The fourth-order valence-corrected chi connectivity index (χ4v) is 0.669. The minimum Gasteiger partial charge on any atom is -0.481 e. The third kappa shape index (κ3) is 38.1. The smallest absolute Gasteiger partial charge is 0.305 e. The van der Waals surface area contributed by atoms with Gasteiger partial charge in [0.15, 0.2) is 0 Å². The van der Waals surface area contributed by atoms with E-state index in [1.54, 1.807) is 6.92 Å². The predicted octanol–water partition coefficient (Wildman–Crippen LogP) is 1.46. The van der Waals surface area contributed by atoms with Crippen LogP contribution in [0.3, 0.4) is 0 Å². The number of hydrogen-bond acceptors (Lipinski definition) is 4. The molecule has 16 heavy (non-hydrogen) atoms. The van der Waals surface area contributed by atoms with Crippen LogP contribution in [0.2, 0.25) is 0 Å². The van der Waals surface area contributed by atoms with Crippen molar-refractivity contribution in [1.29, 1.82) is 0 Å². The Bertz CT molecular complexity index is 155. The van der Waals surface area contributed by atoms with Crippen LogP contribution in [0.15, 0.2) is 0 Å². The molecule has 0 aliphatic heterocycles. The summed E-state index contributed by atoms with van der Waals surface area (Å²) in [6.45, 7) is 4.50. The van der Waals surface area contributed by atoms with Crippen molar-refractivity contribution < 1.29 is 24.9 Å². The first-order valence-corrected chi connectivity index (χ1v) is 4.33. The van der Waals surface area contributed by atoms with E-state index in [4.69, 9.17) is 15.3 Å². The van der Waals surface area contributed by atoms with E-state index < -0.39 is 18.2 Å². The second kappa shape index (κ2) is 14.1. The van der Waals surface area contributed by atoms with Gasteiger partial charge in [0.25, 0.3) is 0 Å². The molecule has 2 unspecified atom stereocenters. The molecule has 0 rings (SSSR count). The molecule has 2 atom stereocenters. The first kappa shape index (κ1) is 24.3. The summed E-state index contributed by atoms with van der Waals surface area (Å²) < 4.78 is 0. The van der Waals surface area contributed by atoms with Crippen molar-refractivity contribution in [3.63, 3.8) is 0 Å². The zero-order valence-corrected chi connectivity index (χ0v) is 8.73. The number of aliphatic carboxylic acids is 1. The van der Waals surface area contributed by atoms with Crippen LogP contribution in [-0.2, 0) is 9.59 Å². The van der Waals surface area contributed by atoms with Gasteiger partial charge < -0.3 is 15.3 Å². The number of carbonyl (C=O) groups is 2. The molecule has 0 heterocycles. The maximum Gasteiger partial charge on any atom is 0.305 e. The standard InChI is InChI=1S/C5H10O2.C4H8O3.2CH4/c1-4(6)3-5(2)7;1-3(5)2-4(6)7;;/h4,6H,3H2,1-2H3;3,5H,2H2,1H3,(H,6,7);2*1H4. The molecular weight excluding hydrogens is 212 g/mol. The number of aliphatic hydroxyl groups excluding tert-OH is 2. The summed E-state index contributed by atoms with van der Waals surface area (Å²) >= 11 is 0. The molecule has 0 radical (unpaired) electrons. The van der Waals surface area contributed by atoms with Crippen LogP contribution in [0.4, 0.5) is 0 Å². The first-order chi connectivity index (χ1) is 6.25. The number of hydrogen-bond donors (Lipinski definition) is 3. The van der Waals surface area contributed by atoms with Gasteiger partial charge in [0.05, 0.1) is 18.6 Å². The molecular formula is C11H26O5. The summed E-state index contributed by atoms with van der Waals surface area (Å²) in [6, 6.07) is 0. The number of carbonyl (C=O) groups excluding carboxylic acids is 1. The minimum absolute atomic E-state index is 0. The fraction of sp³-hybridized carbons (Fsp3) is 0.818. The molecule has 0 aliphatic carbocycles. The van der Waals surface area contributed by atoms with E-state index in [-0.39, 0.29) is 33.5 Å². The Morgan fingerprint density at radius 2 is 1.31 bits per heavy atom. The molecule has 0 aromatic heterocycles. The third-order valence-corrected chi connectivity index (χ3v) is 1.05. The second-order valence-electron chi connectivity index (χ2n) is 3.20. The highest BCUT2D eigenvalue weighted by atomic mass is 16.4. The highest BCUT2D eigenvalue weighted by Crippen LogP contribution is 1.87. The van der Waals surface area contributed by atoms with Crippen molar-refractivity contribution in [2.24, 2.45) is 0 Å². The van der Waals surface area contributed by atoms with Crippen LogP contribution < -0.4 is 0 Å². The highest BCUT2D eigenvalue weighted by Gasteiger charge is 2.00. The third-order valence-electron chi connectivity index (χ3n) is 1.05. The molecule has 5 nitrogen and oxygen atoms in total. The zero-order chi connectivity index (χ0) is 11.7. The molecule has 0 amide bonds. The summed E-state index contributed by atoms with van der Waals surface area (Å²) in [6.07, 6.45) is -1.09. The van der Waals surface area contributed by atoms with Crippen LogP contribution >= 0.6 is 0 Å². The average Bonchev–Trinajstić information content (AvgIpc) is 1.79. The maximum absolute atomic E-state index is 10.1. The van der Waals surface area contributed by atoms with Crippen LogP contribution in [0, 0.1) is 0 Å². The number of carboxylic acids is 1. The summed E-state index contributed by atoms with van der Waals surface area (Å²) in [5.41, 5.74) is 0. The van der Waals surface area contributed by atoms with E-state index in [9.17, 15) is 9.59 Å². The van der Waals surface area contributed by atoms with Gasteiger partial charge in [-0.2, -0.15) is 0 Å². The molecule has 0 aromatic carbocycles. The Kier molecular flexibility index (Phi) is 21.4. The van der Waals surface area contributed by atoms with Gasteiger partial charge in [0.2, 0.25) is 0 Å². The van der Waals surface area contributed by atoms with Gasteiger partial charge in [-0.15, -0.1) is 0 Å². The summed E-state index contributed by atoms with van der Waals surface area (Å²) in [4.78, 5) is 19.7. The molecule has 0 spiro atoms. The topological polar surface area (TPSA) is 94.8 Å². The molecule has 5 heteroatoms. The van der Waals surface area contributed by atoms with E-state index >= 15 is 0 Å². The van der Waals surface area contributed by atoms with Crippen molar-refractivity contribution in [3.8, 4) is 0 Å². The van der Waals surface area contributed by atoms with Gasteiger partial charge in [-0.1, -0.05) is 14.9 Å². The van der Waals surface area contributed by atoms with Crippen LogP contribution in [0.1, 0.15) is 48.5 Å². The lowest BCUT2D eigenvalue weighted by atomic mass is 10.2. The molecule has 100 valence electrons. The SMILES string of the molecule is C.C.CC(=O)CC(C)O.CC(O)CC(=O)O.